The summed E-state index contributed by atoms with van der Waals surface area (Å²) in [7, 11) is 0. The van der Waals surface area contributed by atoms with E-state index in [2.05, 4.69) is 0 Å². The smallest absolute Gasteiger partial charge is 0.187 e. The highest BCUT2D eigenvalue weighted by atomic mass is 16.8. The van der Waals surface area contributed by atoms with Gasteiger partial charge >= 0.3 is 0 Å². The Morgan fingerprint density at radius 2 is 0.702 bits per heavy atom. The van der Waals surface area contributed by atoms with Crippen LogP contribution in [0.4, 0.5) is 0 Å². The third kappa shape index (κ3) is 9.58. The predicted molar refractivity (Wildman–Crippen MR) is 172 cm³/mol. The van der Waals surface area contributed by atoms with E-state index in [-0.39, 0.29) is 0 Å². The number of aliphatic hydroxyl groups excluding tert-OH is 14. The summed E-state index contributed by atoms with van der Waals surface area (Å²) in [5, 5.41) is 148. The number of hydrogen-bond acceptors (Lipinski definition) is 25. The van der Waals surface area contributed by atoms with Gasteiger partial charge in [0.25, 0.3) is 0 Å². The van der Waals surface area contributed by atoms with Gasteiger partial charge in [-0.05, 0) is 13.8 Å². The molecule has 6 saturated heterocycles. The number of rotatable bonds is 10. The first-order chi connectivity index (χ1) is 26.9. The van der Waals surface area contributed by atoms with Crippen molar-refractivity contribution < 1.29 is 124 Å². The molecule has 57 heavy (non-hydrogen) atoms. The third-order valence-electron chi connectivity index (χ3n) is 10.8. The molecule has 6 aliphatic rings. The second kappa shape index (κ2) is 18.9. The zero-order chi connectivity index (χ0) is 41.6. The Bertz CT molecular complexity index is 1270. The van der Waals surface area contributed by atoms with Crippen LogP contribution in [-0.2, 0) is 52.1 Å². The largest absolute Gasteiger partial charge is 0.388 e. The van der Waals surface area contributed by atoms with Gasteiger partial charge in [-0.2, -0.15) is 0 Å². The van der Waals surface area contributed by atoms with E-state index < -0.39 is 186 Å². The molecule has 6 heterocycles. The van der Waals surface area contributed by atoms with Crippen LogP contribution in [0.1, 0.15) is 13.8 Å². The molecule has 0 spiro atoms. The summed E-state index contributed by atoms with van der Waals surface area (Å²) in [5.74, 6) is 0. The Kier molecular flexibility index (Phi) is 15.1. The molecule has 0 saturated carbocycles. The van der Waals surface area contributed by atoms with Crippen LogP contribution in [0.15, 0.2) is 0 Å². The van der Waals surface area contributed by atoms with Crippen LogP contribution < -0.4 is 0 Å². The molecule has 14 N–H and O–H groups in total. The van der Waals surface area contributed by atoms with Crippen molar-refractivity contribution in [1.29, 1.82) is 0 Å². The summed E-state index contributed by atoms with van der Waals surface area (Å²) >= 11 is 0. The molecule has 6 aliphatic heterocycles. The summed E-state index contributed by atoms with van der Waals surface area (Å²) < 4.78 is 62.0. The summed E-state index contributed by atoms with van der Waals surface area (Å²) in [6.07, 6.45) is -43.2. The van der Waals surface area contributed by atoms with Crippen LogP contribution in [0.5, 0.6) is 0 Å². The van der Waals surface area contributed by atoms with Crippen LogP contribution in [0.25, 0.3) is 0 Å². The average molecular weight is 839 g/mol. The molecular formula is C32H54O25. The average Bonchev–Trinajstić information content (AvgIpc) is 3.17. The van der Waals surface area contributed by atoms with Crippen LogP contribution >= 0.6 is 0 Å². The van der Waals surface area contributed by atoms with Gasteiger partial charge in [0.05, 0.1) is 38.6 Å². The molecule has 25 nitrogen and oxygen atoms in total. The van der Waals surface area contributed by atoms with Crippen LogP contribution in [0.3, 0.4) is 0 Å². The van der Waals surface area contributed by atoms with Gasteiger partial charge < -0.3 is 124 Å². The number of ether oxygens (including phenoxy) is 11. The van der Waals surface area contributed by atoms with E-state index in [0.29, 0.717) is 0 Å². The summed E-state index contributed by atoms with van der Waals surface area (Å²) in [4.78, 5) is 0. The first-order valence-electron chi connectivity index (χ1n) is 18.5. The Balaban J connectivity index is 1.23. The van der Waals surface area contributed by atoms with Crippen molar-refractivity contribution in [2.75, 3.05) is 26.4 Å². The van der Waals surface area contributed by atoms with E-state index in [0.717, 1.165) is 0 Å². The first-order valence-corrected chi connectivity index (χ1v) is 18.5. The van der Waals surface area contributed by atoms with Gasteiger partial charge in [-0.25, -0.2) is 0 Å². The zero-order valence-corrected chi connectivity index (χ0v) is 30.6. The van der Waals surface area contributed by atoms with Gasteiger partial charge in [0.15, 0.2) is 37.7 Å². The van der Waals surface area contributed by atoms with Crippen molar-refractivity contribution >= 4 is 0 Å². The molecule has 6 rings (SSSR count). The van der Waals surface area contributed by atoms with E-state index >= 15 is 0 Å². The lowest BCUT2D eigenvalue weighted by Crippen LogP contribution is -2.67. The number of hydrogen-bond donors (Lipinski definition) is 14. The fraction of sp³-hybridized carbons (Fsp3) is 1.00. The molecule has 0 aliphatic carbocycles. The maximum Gasteiger partial charge on any atom is 0.187 e. The second-order valence-corrected chi connectivity index (χ2v) is 14.9. The molecular weight excluding hydrogens is 784 g/mol. The highest BCUT2D eigenvalue weighted by molar-refractivity contribution is 4.97. The quantitative estimate of drug-likeness (QED) is 0.0971. The van der Waals surface area contributed by atoms with Gasteiger partial charge in [0, 0.05) is 0 Å². The Morgan fingerprint density at radius 3 is 1.30 bits per heavy atom. The lowest BCUT2D eigenvalue weighted by atomic mass is 9.97. The van der Waals surface area contributed by atoms with Gasteiger partial charge in [-0.3, -0.25) is 0 Å². The van der Waals surface area contributed by atoms with E-state index in [1.54, 1.807) is 0 Å². The Labute approximate surface area is 323 Å². The topological polar surface area (TPSA) is 385 Å². The number of aliphatic hydroxyl groups is 14. The maximum atomic E-state index is 11.8. The minimum Gasteiger partial charge on any atom is -0.388 e. The van der Waals surface area contributed by atoms with Crippen LogP contribution in [-0.4, -0.2) is 258 Å². The predicted octanol–water partition coefficient (Wildman–Crippen LogP) is -9.49. The minimum absolute atomic E-state index is 0.465. The second-order valence-electron chi connectivity index (χ2n) is 14.9. The zero-order valence-electron chi connectivity index (χ0n) is 30.6. The van der Waals surface area contributed by atoms with Crippen molar-refractivity contribution in [1.82, 2.24) is 0 Å². The SMILES string of the molecule is C[C@@H]1O[C@@H](O[C@@H]2[C@@H](O[C@@H]3O[C@@H](C)[C@H](O[C@@H]4OC[C@@H](O)[C@H](O)[C@H]4O)[C@@H](O[C@@H]4OC[C@@H](O)[C@H](O[C@@H]5OC[C@@H](O)[C@H](O)[C@H]5O)[C@H]4O)[C@H]3O)[C@H](O)OC[C@H]2O)[C@H](O)[C@H](O)[C@H]1O. The van der Waals surface area contributed by atoms with E-state index in [1.807, 2.05) is 0 Å². The molecule has 0 amide bonds. The fourth-order valence-electron chi connectivity index (χ4n) is 7.28. The fourth-order valence-corrected chi connectivity index (χ4v) is 7.28. The molecule has 25 heteroatoms. The van der Waals surface area contributed by atoms with Crippen molar-refractivity contribution in [3.63, 3.8) is 0 Å². The van der Waals surface area contributed by atoms with Gasteiger partial charge in [-0.1, -0.05) is 0 Å². The van der Waals surface area contributed by atoms with Crippen LogP contribution in [0.2, 0.25) is 0 Å². The third-order valence-corrected chi connectivity index (χ3v) is 10.8. The summed E-state index contributed by atoms with van der Waals surface area (Å²) in [6, 6.07) is 0. The lowest BCUT2D eigenvalue weighted by molar-refractivity contribution is -0.399. The molecule has 0 aromatic heterocycles. The lowest BCUT2D eigenvalue weighted by Gasteiger charge is -2.49. The monoisotopic (exact) mass is 838 g/mol. The molecule has 26 atom stereocenters. The van der Waals surface area contributed by atoms with Crippen molar-refractivity contribution in [3.05, 3.63) is 0 Å². The highest BCUT2D eigenvalue weighted by Gasteiger charge is 2.55. The van der Waals surface area contributed by atoms with E-state index in [1.165, 1.54) is 13.8 Å². The highest BCUT2D eigenvalue weighted by Crippen LogP contribution is 2.36. The van der Waals surface area contributed by atoms with Crippen molar-refractivity contribution in [2.45, 2.75) is 174 Å². The standard InChI is InChI=1S/C32H54O25/c1-7-13(37)16(40)19(43)31(51-7)55-24-12(36)5-47-27(46)26(24)57-32-21(45)25(22(8(2)52-32)53-28-17(41)14(38)9(33)3-48-28)56-30-20(44)23(11(35)6-50-30)54-29-18(42)15(39)10(34)4-49-29/h7-46H,3-6H2,1-2H3/t7-,8-,9+,10+,11+,12+,13-,14-,15-,16+,17+,18+,19+,20+,21+,22-,23-,24-,25-,26+,27+,28-,29-,30-,31-,32-/m0/s1. The summed E-state index contributed by atoms with van der Waals surface area (Å²) in [5.41, 5.74) is 0. The van der Waals surface area contributed by atoms with E-state index in [9.17, 15) is 71.5 Å². The molecule has 0 aromatic rings. The van der Waals surface area contributed by atoms with Crippen molar-refractivity contribution in [3.8, 4) is 0 Å². The molecule has 0 bridgehead atoms. The first kappa shape index (κ1) is 45.5. The van der Waals surface area contributed by atoms with Gasteiger partial charge in [-0.15, -0.1) is 0 Å². The Hall–Kier alpha value is -1.00. The molecule has 6 fully saturated rings. The molecule has 0 unspecified atom stereocenters. The van der Waals surface area contributed by atoms with Crippen LogP contribution in [0, 0.1) is 0 Å². The minimum atomic E-state index is -2.02. The summed E-state index contributed by atoms with van der Waals surface area (Å²) in [6.45, 7) is 0.738. The normalized spacial score (nSPS) is 55.4. The molecule has 332 valence electrons. The molecule has 0 aromatic carbocycles. The maximum absolute atomic E-state index is 11.8. The van der Waals surface area contributed by atoms with Crippen molar-refractivity contribution in [2.24, 2.45) is 0 Å². The van der Waals surface area contributed by atoms with Gasteiger partial charge in [0.1, 0.15) is 110 Å². The Morgan fingerprint density at radius 1 is 0.316 bits per heavy atom. The van der Waals surface area contributed by atoms with E-state index in [4.69, 9.17) is 52.1 Å². The molecule has 0 radical (unpaired) electrons. The van der Waals surface area contributed by atoms with Gasteiger partial charge in [0.2, 0.25) is 0 Å².